The van der Waals surface area contributed by atoms with E-state index in [2.05, 4.69) is 24.2 Å². The molecule has 0 saturated heterocycles. The van der Waals surface area contributed by atoms with E-state index in [1.165, 1.54) is 0 Å². The lowest BCUT2D eigenvalue weighted by molar-refractivity contribution is -0.401. The van der Waals surface area contributed by atoms with Crippen LogP contribution >= 0.6 is 11.6 Å². The van der Waals surface area contributed by atoms with Gasteiger partial charge in [-0.05, 0) is 18.6 Å². The van der Waals surface area contributed by atoms with E-state index in [1.807, 2.05) is 0 Å². The Morgan fingerprint density at radius 3 is 2.19 bits per heavy atom. The Morgan fingerprint density at radius 1 is 1.08 bits per heavy atom. The van der Waals surface area contributed by atoms with E-state index >= 15 is 0 Å². The molecule has 0 aliphatic rings. The normalized spacial score (nSPS) is 12.4. The molecule has 10 nitrogen and oxygen atoms in total. The maximum atomic E-state index is 13.9. The largest absolute Gasteiger partial charge is 0.464 e. The number of halogens is 7. The molecule has 0 unspecified atom stereocenters. The third-order valence-electron chi connectivity index (χ3n) is 4.68. The zero-order valence-corrected chi connectivity index (χ0v) is 20.0. The Balaban J connectivity index is 2.76. The highest BCUT2D eigenvalue weighted by Gasteiger charge is 2.74. The van der Waals surface area contributed by atoms with E-state index in [4.69, 9.17) is 16.3 Å². The first-order chi connectivity index (χ1) is 17.1. The molecule has 0 fully saturated rings. The molecule has 0 spiro atoms. The first-order valence-electron chi connectivity index (χ1n) is 10.0. The molecular weight excluding hydrogens is 544 g/mol. The zero-order chi connectivity index (χ0) is 28.2. The predicted molar refractivity (Wildman–Crippen MR) is 112 cm³/mol. The van der Waals surface area contributed by atoms with E-state index < -0.39 is 75.1 Å². The van der Waals surface area contributed by atoms with Gasteiger partial charge in [-0.2, -0.15) is 26.3 Å². The van der Waals surface area contributed by atoms with Gasteiger partial charge in [0, 0.05) is 13.2 Å². The van der Waals surface area contributed by atoms with Gasteiger partial charge in [0.25, 0.3) is 0 Å². The van der Waals surface area contributed by atoms with Crippen LogP contribution in [0.15, 0.2) is 18.2 Å². The van der Waals surface area contributed by atoms with Crippen molar-refractivity contribution in [2.24, 2.45) is 0 Å². The molecule has 2 rings (SSSR count). The van der Waals surface area contributed by atoms with E-state index in [0.717, 1.165) is 20.3 Å². The molecule has 0 radical (unpaired) electrons. The van der Waals surface area contributed by atoms with Gasteiger partial charge in [-0.3, -0.25) is 15.1 Å². The molecule has 204 valence electrons. The van der Waals surface area contributed by atoms with Crippen molar-refractivity contribution in [3.05, 3.63) is 50.5 Å². The van der Waals surface area contributed by atoms with Crippen molar-refractivity contribution in [2.45, 2.75) is 37.7 Å². The number of nitrogens with zero attached hydrogens (tertiary/aromatic N) is 3. The molecule has 0 amide bonds. The third-order valence-corrected chi connectivity index (χ3v) is 4.95. The van der Waals surface area contributed by atoms with Crippen LogP contribution in [0.25, 0.3) is 0 Å². The molecule has 0 aliphatic heterocycles. The molecule has 0 aromatic carbocycles. The van der Waals surface area contributed by atoms with E-state index in [-0.39, 0.29) is 12.8 Å². The van der Waals surface area contributed by atoms with Crippen LogP contribution in [0.2, 0.25) is 5.15 Å². The van der Waals surface area contributed by atoms with Gasteiger partial charge in [0.1, 0.15) is 12.5 Å². The quantitative estimate of drug-likeness (QED) is 0.0922. The zero-order valence-electron chi connectivity index (χ0n) is 19.2. The third kappa shape index (κ3) is 6.02. The standard InChI is InChI=1S/C20H18ClF6N3O7/c1-4-5-10-12(37-13-8-11(17(31)35-3)29-16(21)15(13)30(32)33)6-7-14(28-10)18(19(22,23)24,20(25,26)27)36-9-34-2/h6-8H,4-5,9H2,1-3H3. The van der Waals surface area contributed by atoms with Crippen molar-refractivity contribution < 1.29 is 55.0 Å². The van der Waals surface area contributed by atoms with Crippen LogP contribution in [0.3, 0.4) is 0 Å². The summed E-state index contributed by atoms with van der Waals surface area (Å²) >= 11 is 5.80. The number of rotatable bonds is 10. The fourth-order valence-electron chi connectivity index (χ4n) is 3.09. The Morgan fingerprint density at radius 2 is 1.70 bits per heavy atom. The van der Waals surface area contributed by atoms with Gasteiger partial charge < -0.3 is 18.9 Å². The molecule has 37 heavy (non-hydrogen) atoms. The number of hydrogen-bond acceptors (Lipinski definition) is 9. The lowest BCUT2D eigenvalue weighted by Gasteiger charge is -2.36. The van der Waals surface area contributed by atoms with Gasteiger partial charge in [-0.1, -0.05) is 24.9 Å². The van der Waals surface area contributed by atoms with Crippen LogP contribution in [0.1, 0.15) is 35.2 Å². The van der Waals surface area contributed by atoms with Crippen LogP contribution in [-0.4, -0.2) is 54.2 Å². The highest BCUT2D eigenvalue weighted by atomic mass is 35.5. The average molecular weight is 562 g/mol. The van der Waals surface area contributed by atoms with Gasteiger partial charge in [0.2, 0.25) is 10.9 Å². The van der Waals surface area contributed by atoms with Gasteiger partial charge in [-0.25, -0.2) is 9.78 Å². The molecule has 0 N–H and O–H groups in total. The summed E-state index contributed by atoms with van der Waals surface area (Å²) in [6.07, 6.45) is -12.1. The number of hydrogen-bond donors (Lipinski definition) is 0. The lowest BCUT2D eigenvalue weighted by Crippen LogP contribution is -2.56. The van der Waals surface area contributed by atoms with Crippen LogP contribution in [0.4, 0.5) is 32.0 Å². The van der Waals surface area contributed by atoms with Crippen LogP contribution in [0.5, 0.6) is 11.5 Å². The average Bonchev–Trinajstić information content (AvgIpc) is 2.78. The summed E-state index contributed by atoms with van der Waals surface area (Å²) in [7, 11) is 1.82. The molecule has 17 heteroatoms. The fourth-order valence-corrected chi connectivity index (χ4v) is 3.34. The van der Waals surface area contributed by atoms with E-state index in [0.29, 0.717) is 12.1 Å². The monoisotopic (exact) mass is 561 g/mol. The molecule has 2 heterocycles. The van der Waals surface area contributed by atoms with Gasteiger partial charge in [0.05, 0.1) is 23.4 Å². The van der Waals surface area contributed by atoms with Crippen molar-refractivity contribution in [2.75, 3.05) is 21.0 Å². The van der Waals surface area contributed by atoms with Crippen molar-refractivity contribution in [3.8, 4) is 11.5 Å². The summed E-state index contributed by atoms with van der Waals surface area (Å²) in [5.74, 6) is -2.19. The Bertz CT molecular complexity index is 1150. The second kappa shape index (κ2) is 11.4. The summed E-state index contributed by atoms with van der Waals surface area (Å²) in [6.45, 7) is 0.168. The maximum Gasteiger partial charge on any atom is 0.432 e. The van der Waals surface area contributed by atoms with Gasteiger partial charge in [0.15, 0.2) is 5.69 Å². The minimum Gasteiger partial charge on any atom is -0.464 e. The highest BCUT2D eigenvalue weighted by molar-refractivity contribution is 6.31. The molecule has 0 saturated carbocycles. The number of aromatic nitrogens is 2. The van der Waals surface area contributed by atoms with E-state index in [1.54, 1.807) is 6.92 Å². The van der Waals surface area contributed by atoms with Crippen molar-refractivity contribution >= 4 is 23.3 Å². The van der Waals surface area contributed by atoms with Gasteiger partial charge in [-0.15, -0.1) is 0 Å². The number of pyridine rings is 2. The van der Waals surface area contributed by atoms with Crippen LogP contribution in [-0.2, 0) is 26.2 Å². The summed E-state index contributed by atoms with van der Waals surface area (Å²) in [4.78, 5) is 29.4. The first-order valence-corrected chi connectivity index (χ1v) is 10.4. The van der Waals surface area contributed by atoms with Crippen LogP contribution in [0, 0.1) is 10.1 Å². The van der Waals surface area contributed by atoms with Gasteiger partial charge >= 0.3 is 29.6 Å². The number of aryl methyl sites for hydroxylation is 1. The lowest BCUT2D eigenvalue weighted by atomic mass is 9.96. The number of carbonyl (C=O) groups is 1. The summed E-state index contributed by atoms with van der Waals surface area (Å²) in [5, 5.41) is 10.7. The Hall–Kier alpha value is -3.24. The molecule has 2 aromatic heterocycles. The van der Waals surface area contributed by atoms with Crippen molar-refractivity contribution in [1.82, 2.24) is 9.97 Å². The Kier molecular flexibility index (Phi) is 9.27. The highest BCUT2D eigenvalue weighted by Crippen LogP contribution is 2.53. The second-order valence-corrected chi connectivity index (χ2v) is 7.47. The van der Waals surface area contributed by atoms with Crippen LogP contribution < -0.4 is 4.74 Å². The van der Waals surface area contributed by atoms with E-state index in [9.17, 15) is 41.3 Å². The summed E-state index contributed by atoms with van der Waals surface area (Å²) < 4.78 is 102. The predicted octanol–water partition coefficient (Wildman–Crippen LogP) is 5.51. The number of carbonyl (C=O) groups excluding carboxylic acids is 1. The molecular formula is C20H18ClF6N3O7. The Labute approximate surface area is 209 Å². The number of nitro groups is 1. The van der Waals surface area contributed by atoms with Crippen molar-refractivity contribution in [3.63, 3.8) is 0 Å². The van der Waals surface area contributed by atoms with Crippen molar-refractivity contribution in [1.29, 1.82) is 0 Å². The smallest absolute Gasteiger partial charge is 0.432 e. The molecule has 2 aromatic rings. The minimum absolute atomic E-state index is 0.170. The molecule has 0 atom stereocenters. The minimum atomic E-state index is -6.02. The number of ether oxygens (including phenoxy) is 4. The summed E-state index contributed by atoms with van der Waals surface area (Å²) in [5.41, 5.74) is -8.31. The summed E-state index contributed by atoms with van der Waals surface area (Å²) in [6, 6.07) is 1.82. The molecule has 0 bridgehead atoms. The SMILES string of the molecule is CCCc1nc(C(OCOC)(C(F)(F)F)C(F)(F)F)ccc1Oc1cc(C(=O)OC)nc(Cl)c1[N+](=O)[O-]. The molecule has 0 aliphatic carbocycles. The number of methoxy groups -OCH3 is 2. The fraction of sp³-hybridized carbons (Fsp3) is 0.450. The first kappa shape index (κ1) is 30.0. The second-order valence-electron chi connectivity index (χ2n) is 7.11. The topological polar surface area (TPSA) is 123 Å². The number of alkyl halides is 6. The maximum absolute atomic E-state index is 13.9. The number of esters is 1.